The van der Waals surface area contributed by atoms with E-state index in [9.17, 15) is 22.4 Å². The molecule has 0 atom stereocenters. The number of nitrogens with zero attached hydrogens (tertiary/aromatic N) is 3. The van der Waals surface area contributed by atoms with Crippen LogP contribution in [0.3, 0.4) is 0 Å². The fraction of sp³-hybridized carbons (Fsp3) is 0.385. The molecule has 1 aliphatic heterocycles. The molecule has 3 aromatic rings. The van der Waals surface area contributed by atoms with Gasteiger partial charge in [0.15, 0.2) is 23.3 Å². The second-order valence-electron chi connectivity index (χ2n) is 9.33. The van der Waals surface area contributed by atoms with E-state index in [2.05, 4.69) is 4.57 Å². The first kappa shape index (κ1) is 26.4. The SMILES string of the molecule is CC(C)c1c(-c2ccc(F)c(F)c2)nc2n1CCN(C(=O)CN)C2(C)C.Cc1ccc(F)c(F)c1. The molecule has 0 bridgehead atoms. The van der Waals surface area contributed by atoms with E-state index in [0.29, 0.717) is 24.3 Å². The lowest BCUT2D eigenvalue weighted by Crippen LogP contribution is -2.53. The molecular formula is C26H30F4N4O. The lowest BCUT2D eigenvalue weighted by Gasteiger charge is -2.42. The predicted molar refractivity (Wildman–Crippen MR) is 127 cm³/mol. The van der Waals surface area contributed by atoms with Gasteiger partial charge in [-0.1, -0.05) is 19.9 Å². The van der Waals surface area contributed by atoms with Gasteiger partial charge in [0.25, 0.3) is 0 Å². The number of fused-ring (bicyclic) bond motifs is 1. The Bertz CT molecular complexity index is 1240. The summed E-state index contributed by atoms with van der Waals surface area (Å²) in [4.78, 5) is 18.7. The number of aromatic nitrogens is 2. The summed E-state index contributed by atoms with van der Waals surface area (Å²) in [7, 11) is 0. The first-order chi connectivity index (χ1) is 16.4. The van der Waals surface area contributed by atoms with Crippen molar-refractivity contribution in [3.8, 4) is 11.3 Å². The zero-order valence-electron chi connectivity index (χ0n) is 20.5. The highest BCUT2D eigenvalue weighted by molar-refractivity contribution is 5.79. The van der Waals surface area contributed by atoms with E-state index < -0.39 is 28.8 Å². The van der Waals surface area contributed by atoms with E-state index in [1.807, 2.05) is 27.7 Å². The van der Waals surface area contributed by atoms with Crippen LogP contribution in [0, 0.1) is 30.2 Å². The van der Waals surface area contributed by atoms with Crippen molar-refractivity contribution in [3.05, 3.63) is 76.7 Å². The number of carbonyl (C=O) groups excluding carboxylic acids is 1. The summed E-state index contributed by atoms with van der Waals surface area (Å²) < 4.78 is 53.5. The van der Waals surface area contributed by atoms with Crippen LogP contribution in [0.15, 0.2) is 36.4 Å². The van der Waals surface area contributed by atoms with Crippen LogP contribution in [0.5, 0.6) is 0 Å². The maximum atomic E-state index is 13.8. The number of rotatable bonds is 3. The Labute approximate surface area is 202 Å². The Hall–Kier alpha value is -3.20. The van der Waals surface area contributed by atoms with Gasteiger partial charge in [-0.3, -0.25) is 4.79 Å². The van der Waals surface area contributed by atoms with E-state index in [4.69, 9.17) is 10.7 Å². The smallest absolute Gasteiger partial charge is 0.237 e. The summed E-state index contributed by atoms with van der Waals surface area (Å²) in [6, 6.07) is 7.63. The van der Waals surface area contributed by atoms with Gasteiger partial charge in [-0.25, -0.2) is 22.5 Å². The van der Waals surface area contributed by atoms with Crippen LogP contribution in [0.1, 0.15) is 50.7 Å². The number of carbonyl (C=O) groups is 1. The molecule has 0 unspecified atom stereocenters. The van der Waals surface area contributed by atoms with Crippen LogP contribution in [0.2, 0.25) is 0 Å². The van der Waals surface area contributed by atoms with Gasteiger partial charge in [-0.2, -0.15) is 0 Å². The van der Waals surface area contributed by atoms with Crippen LogP contribution < -0.4 is 5.73 Å². The van der Waals surface area contributed by atoms with E-state index in [1.165, 1.54) is 18.2 Å². The van der Waals surface area contributed by atoms with Crippen molar-refractivity contribution in [1.82, 2.24) is 14.5 Å². The minimum absolute atomic E-state index is 0.0583. The molecule has 1 aromatic heterocycles. The summed E-state index contributed by atoms with van der Waals surface area (Å²) >= 11 is 0. The van der Waals surface area contributed by atoms with Crippen LogP contribution in [0.4, 0.5) is 17.6 Å². The highest BCUT2D eigenvalue weighted by atomic mass is 19.2. The van der Waals surface area contributed by atoms with Gasteiger partial charge in [0.2, 0.25) is 5.91 Å². The van der Waals surface area contributed by atoms with Crippen molar-refractivity contribution in [2.45, 2.75) is 52.6 Å². The molecule has 0 radical (unpaired) electrons. The highest BCUT2D eigenvalue weighted by Gasteiger charge is 2.41. The molecule has 2 N–H and O–H groups in total. The standard InChI is InChI=1S/C19H24F2N4O.C7H6F2/c1-11(2)17-16(12-5-6-13(20)14(21)9-12)23-18-19(3,4)25(15(26)10-22)8-7-24(17)18;1-5-2-3-6(8)7(9)4-5/h5-6,9,11H,7-8,10,22H2,1-4H3;2-4H,1H3. The summed E-state index contributed by atoms with van der Waals surface area (Å²) in [5.74, 6) is -2.63. The first-order valence-electron chi connectivity index (χ1n) is 11.4. The number of benzene rings is 2. The Morgan fingerprint density at radius 1 is 1.00 bits per heavy atom. The summed E-state index contributed by atoms with van der Waals surface area (Å²) in [6.45, 7) is 10.7. The van der Waals surface area contributed by atoms with Gasteiger partial charge in [0, 0.05) is 24.3 Å². The lowest BCUT2D eigenvalue weighted by molar-refractivity contribution is -0.137. The van der Waals surface area contributed by atoms with Crippen molar-refractivity contribution >= 4 is 5.91 Å². The third-order valence-corrected chi connectivity index (χ3v) is 6.07. The summed E-state index contributed by atoms with van der Waals surface area (Å²) in [5.41, 5.74) is 7.76. The van der Waals surface area contributed by atoms with Crippen LogP contribution in [0.25, 0.3) is 11.3 Å². The van der Waals surface area contributed by atoms with Crippen molar-refractivity contribution in [3.63, 3.8) is 0 Å². The number of nitrogens with two attached hydrogens (primary N) is 1. The van der Waals surface area contributed by atoms with Crippen LogP contribution >= 0.6 is 0 Å². The topological polar surface area (TPSA) is 64.2 Å². The molecule has 35 heavy (non-hydrogen) atoms. The summed E-state index contributed by atoms with van der Waals surface area (Å²) in [6.07, 6.45) is 0. The fourth-order valence-corrected chi connectivity index (χ4v) is 4.35. The number of hydrogen-bond donors (Lipinski definition) is 1. The normalized spacial score (nSPS) is 14.4. The predicted octanol–water partition coefficient (Wildman–Crippen LogP) is 5.26. The van der Waals surface area contributed by atoms with Crippen molar-refractivity contribution in [1.29, 1.82) is 0 Å². The van der Waals surface area contributed by atoms with Gasteiger partial charge < -0.3 is 15.2 Å². The largest absolute Gasteiger partial charge is 0.327 e. The van der Waals surface area contributed by atoms with E-state index >= 15 is 0 Å². The van der Waals surface area contributed by atoms with Gasteiger partial charge in [-0.05, 0) is 62.6 Å². The highest BCUT2D eigenvalue weighted by Crippen LogP contribution is 2.38. The minimum atomic E-state index is -0.901. The Morgan fingerprint density at radius 2 is 1.60 bits per heavy atom. The quantitative estimate of drug-likeness (QED) is 0.510. The molecular weight excluding hydrogens is 460 g/mol. The Morgan fingerprint density at radius 3 is 2.11 bits per heavy atom. The molecule has 0 spiro atoms. The zero-order valence-corrected chi connectivity index (χ0v) is 20.5. The first-order valence-corrected chi connectivity index (χ1v) is 11.4. The second-order valence-corrected chi connectivity index (χ2v) is 9.33. The van der Waals surface area contributed by atoms with Crippen molar-refractivity contribution in [2.24, 2.45) is 5.73 Å². The molecule has 9 heteroatoms. The molecule has 1 aliphatic rings. The van der Waals surface area contributed by atoms with Crippen LogP contribution in [-0.2, 0) is 16.9 Å². The molecule has 0 fully saturated rings. The third kappa shape index (κ3) is 5.24. The van der Waals surface area contributed by atoms with Crippen LogP contribution in [-0.4, -0.2) is 33.4 Å². The van der Waals surface area contributed by atoms with Gasteiger partial charge >= 0.3 is 0 Å². The molecule has 0 aliphatic carbocycles. The van der Waals surface area contributed by atoms with E-state index in [0.717, 1.165) is 35.3 Å². The lowest BCUT2D eigenvalue weighted by atomic mass is 9.98. The molecule has 0 saturated carbocycles. The molecule has 5 nitrogen and oxygen atoms in total. The molecule has 1 amide bonds. The second kappa shape index (κ2) is 10.2. The monoisotopic (exact) mass is 490 g/mol. The van der Waals surface area contributed by atoms with Crippen molar-refractivity contribution in [2.75, 3.05) is 13.1 Å². The number of halogens is 4. The summed E-state index contributed by atoms with van der Waals surface area (Å²) in [5, 5.41) is 0. The Balaban J connectivity index is 0.000000320. The molecule has 0 saturated heterocycles. The number of aryl methyl sites for hydroxylation is 1. The molecule has 4 rings (SSSR count). The maximum Gasteiger partial charge on any atom is 0.237 e. The average molecular weight is 491 g/mol. The number of imidazole rings is 1. The third-order valence-electron chi connectivity index (χ3n) is 6.07. The minimum Gasteiger partial charge on any atom is -0.327 e. The van der Waals surface area contributed by atoms with Crippen molar-refractivity contribution < 1.29 is 22.4 Å². The van der Waals surface area contributed by atoms with Gasteiger partial charge in [0.05, 0.1) is 17.8 Å². The fourth-order valence-electron chi connectivity index (χ4n) is 4.35. The molecule has 2 aromatic carbocycles. The van der Waals surface area contributed by atoms with Gasteiger partial charge in [-0.15, -0.1) is 0 Å². The van der Waals surface area contributed by atoms with E-state index in [-0.39, 0.29) is 18.4 Å². The zero-order chi connectivity index (χ0) is 26.1. The number of hydrogen-bond acceptors (Lipinski definition) is 3. The maximum absolute atomic E-state index is 13.8. The molecule has 188 valence electrons. The van der Waals surface area contributed by atoms with Gasteiger partial charge in [0.1, 0.15) is 5.82 Å². The van der Waals surface area contributed by atoms with E-state index in [1.54, 1.807) is 11.8 Å². The Kier molecular flexibility index (Phi) is 7.69. The molecule has 2 heterocycles. The average Bonchev–Trinajstić information content (AvgIpc) is 3.20. The number of amides is 1.